The van der Waals surface area contributed by atoms with Crippen molar-refractivity contribution < 1.29 is 13.9 Å². The van der Waals surface area contributed by atoms with Gasteiger partial charge in [-0.15, -0.1) is 0 Å². The lowest BCUT2D eigenvalue weighted by molar-refractivity contribution is 0.0794. The fourth-order valence-corrected chi connectivity index (χ4v) is 3.69. The van der Waals surface area contributed by atoms with Crippen LogP contribution in [0.5, 0.6) is 5.75 Å². The molecule has 2 aliphatic rings. The van der Waals surface area contributed by atoms with Crippen molar-refractivity contribution in [3.63, 3.8) is 0 Å². The summed E-state index contributed by atoms with van der Waals surface area (Å²) in [6.07, 6.45) is 1.18. The van der Waals surface area contributed by atoms with E-state index in [9.17, 15) is 4.39 Å². The monoisotopic (exact) mass is 327 g/mol. The quantitative estimate of drug-likeness (QED) is 0.856. The summed E-state index contributed by atoms with van der Waals surface area (Å²) in [7, 11) is 0. The molecule has 4 rings (SSSR count). The Kier molecular flexibility index (Phi) is 4.50. The predicted octanol–water partition coefficient (Wildman–Crippen LogP) is 3.59. The standard InChI is InChI=1S/C20H22FNO2/c21-17-5-7-18(8-6-17)24-19-9-10-22(12-19)11-16-14-23-13-15-3-1-2-4-20(15)16/h1-8,16,19H,9-14H2/t16?,19-/m1/s1. The van der Waals surface area contributed by atoms with Crippen molar-refractivity contribution in [1.82, 2.24) is 4.90 Å². The molecule has 1 saturated heterocycles. The molecule has 1 unspecified atom stereocenters. The molecule has 2 aliphatic heterocycles. The van der Waals surface area contributed by atoms with Gasteiger partial charge >= 0.3 is 0 Å². The second kappa shape index (κ2) is 6.91. The van der Waals surface area contributed by atoms with E-state index in [0.29, 0.717) is 5.92 Å². The highest BCUT2D eigenvalue weighted by Gasteiger charge is 2.28. The summed E-state index contributed by atoms with van der Waals surface area (Å²) < 4.78 is 24.7. The smallest absolute Gasteiger partial charge is 0.123 e. The van der Waals surface area contributed by atoms with Crippen LogP contribution in [0.4, 0.5) is 4.39 Å². The Labute approximate surface area is 142 Å². The average Bonchev–Trinajstić information content (AvgIpc) is 3.04. The Hall–Kier alpha value is -1.91. The van der Waals surface area contributed by atoms with Gasteiger partial charge in [-0.25, -0.2) is 4.39 Å². The molecule has 2 aromatic carbocycles. The van der Waals surface area contributed by atoms with Crippen molar-refractivity contribution in [2.24, 2.45) is 0 Å². The topological polar surface area (TPSA) is 21.7 Å². The highest BCUT2D eigenvalue weighted by molar-refractivity contribution is 5.31. The van der Waals surface area contributed by atoms with Crippen LogP contribution in [-0.4, -0.2) is 37.2 Å². The highest BCUT2D eigenvalue weighted by atomic mass is 19.1. The first-order valence-corrected chi connectivity index (χ1v) is 8.58. The zero-order valence-electron chi connectivity index (χ0n) is 13.7. The maximum atomic E-state index is 13.0. The summed E-state index contributed by atoms with van der Waals surface area (Å²) in [5.41, 5.74) is 2.73. The number of benzene rings is 2. The SMILES string of the molecule is Fc1ccc(O[C@@H]2CCN(CC3COCc4ccccc43)C2)cc1. The van der Waals surface area contributed by atoms with E-state index in [1.807, 2.05) is 0 Å². The Morgan fingerprint density at radius 3 is 2.83 bits per heavy atom. The van der Waals surface area contributed by atoms with Gasteiger partial charge in [0.1, 0.15) is 17.7 Å². The van der Waals surface area contributed by atoms with Crippen LogP contribution in [0.3, 0.4) is 0 Å². The first-order valence-electron chi connectivity index (χ1n) is 8.58. The third-order valence-electron chi connectivity index (χ3n) is 4.90. The van der Waals surface area contributed by atoms with Gasteiger partial charge in [0, 0.05) is 25.6 Å². The molecule has 0 aromatic heterocycles. The maximum absolute atomic E-state index is 13.0. The summed E-state index contributed by atoms with van der Waals surface area (Å²) in [6.45, 7) is 4.46. The first kappa shape index (κ1) is 15.6. The van der Waals surface area contributed by atoms with Gasteiger partial charge in [-0.05, 0) is 41.8 Å². The number of halogens is 1. The van der Waals surface area contributed by atoms with Gasteiger partial charge in [-0.2, -0.15) is 0 Å². The predicted molar refractivity (Wildman–Crippen MR) is 90.7 cm³/mol. The van der Waals surface area contributed by atoms with Crippen LogP contribution in [-0.2, 0) is 11.3 Å². The minimum Gasteiger partial charge on any atom is -0.489 e. The Bertz CT molecular complexity index is 688. The van der Waals surface area contributed by atoms with Crippen LogP contribution in [0.15, 0.2) is 48.5 Å². The third-order valence-corrected chi connectivity index (χ3v) is 4.90. The van der Waals surface area contributed by atoms with E-state index in [4.69, 9.17) is 9.47 Å². The summed E-state index contributed by atoms with van der Waals surface area (Å²) in [4.78, 5) is 2.45. The van der Waals surface area contributed by atoms with Crippen LogP contribution in [0.1, 0.15) is 23.5 Å². The number of rotatable bonds is 4. The zero-order valence-corrected chi connectivity index (χ0v) is 13.7. The summed E-state index contributed by atoms with van der Waals surface area (Å²) in [5.74, 6) is 0.945. The number of nitrogens with zero attached hydrogens (tertiary/aromatic N) is 1. The summed E-state index contributed by atoms with van der Waals surface area (Å²) >= 11 is 0. The van der Waals surface area contributed by atoms with Gasteiger partial charge in [-0.1, -0.05) is 24.3 Å². The number of ether oxygens (including phenoxy) is 2. The van der Waals surface area contributed by atoms with Crippen LogP contribution in [0.25, 0.3) is 0 Å². The molecule has 126 valence electrons. The van der Waals surface area contributed by atoms with Crippen LogP contribution in [0.2, 0.25) is 0 Å². The largest absolute Gasteiger partial charge is 0.489 e. The molecule has 0 radical (unpaired) electrons. The summed E-state index contributed by atoms with van der Waals surface area (Å²) in [6, 6.07) is 14.9. The van der Waals surface area contributed by atoms with E-state index in [-0.39, 0.29) is 11.9 Å². The molecule has 0 spiro atoms. The van der Waals surface area contributed by atoms with E-state index >= 15 is 0 Å². The van der Waals surface area contributed by atoms with Crippen molar-refractivity contribution in [2.45, 2.75) is 25.0 Å². The molecule has 0 saturated carbocycles. The van der Waals surface area contributed by atoms with Crippen molar-refractivity contribution >= 4 is 0 Å². The molecule has 2 aromatic rings. The molecule has 2 heterocycles. The van der Waals surface area contributed by atoms with Crippen molar-refractivity contribution in [3.05, 3.63) is 65.5 Å². The lowest BCUT2D eigenvalue weighted by atomic mass is 9.92. The normalized spacial score (nSPS) is 23.9. The molecule has 2 atom stereocenters. The maximum Gasteiger partial charge on any atom is 0.123 e. The first-order chi connectivity index (χ1) is 11.8. The highest BCUT2D eigenvalue weighted by Crippen LogP contribution is 2.28. The number of hydrogen-bond donors (Lipinski definition) is 0. The lowest BCUT2D eigenvalue weighted by Crippen LogP contribution is -2.32. The fourth-order valence-electron chi connectivity index (χ4n) is 3.69. The average molecular weight is 327 g/mol. The molecule has 3 nitrogen and oxygen atoms in total. The number of likely N-dealkylation sites (tertiary alicyclic amines) is 1. The molecule has 0 amide bonds. The molecule has 1 fully saturated rings. The fraction of sp³-hybridized carbons (Fsp3) is 0.400. The van der Waals surface area contributed by atoms with Gasteiger partial charge in [0.2, 0.25) is 0 Å². The summed E-state index contributed by atoms with van der Waals surface area (Å²) in [5, 5.41) is 0. The van der Waals surface area contributed by atoms with Gasteiger partial charge in [-0.3, -0.25) is 4.90 Å². The minimum absolute atomic E-state index is 0.176. The Balaban J connectivity index is 1.35. The second-order valence-electron chi connectivity index (χ2n) is 6.65. The molecule has 0 aliphatic carbocycles. The molecular formula is C20H22FNO2. The van der Waals surface area contributed by atoms with Crippen LogP contribution in [0, 0.1) is 5.82 Å². The lowest BCUT2D eigenvalue weighted by Gasteiger charge is -2.29. The van der Waals surface area contributed by atoms with Gasteiger partial charge in [0.25, 0.3) is 0 Å². The Morgan fingerprint density at radius 2 is 1.96 bits per heavy atom. The van der Waals surface area contributed by atoms with Gasteiger partial charge in [0.15, 0.2) is 0 Å². The van der Waals surface area contributed by atoms with Crippen molar-refractivity contribution in [1.29, 1.82) is 0 Å². The Morgan fingerprint density at radius 1 is 1.12 bits per heavy atom. The molecular weight excluding hydrogens is 305 g/mol. The van der Waals surface area contributed by atoms with Crippen LogP contribution < -0.4 is 4.74 Å². The van der Waals surface area contributed by atoms with Crippen molar-refractivity contribution in [2.75, 3.05) is 26.2 Å². The zero-order chi connectivity index (χ0) is 16.4. The number of hydrogen-bond acceptors (Lipinski definition) is 3. The molecule has 0 bridgehead atoms. The molecule has 24 heavy (non-hydrogen) atoms. The van der Waals surface area contributed by atoms with Crippen molar-refractivity contribution in [3.8, 4) is 5.75 Å². The van der Waals surface area contributed by atoms with Gasteiger partial charge < -0.3 is 9.47 Å². The minimum atomic E-state index is -0.230. The molecule has 0 N–H and O–H groups in total. The van der Waals surface area contributed by atoms with E-state index in [1.165, 1.54) is 23.3 Å². The van der Waals surface area contributed by atoms with E-state index in [0.717, 1.165) is 45.0 Å². The number of fused-ring (bicyclic) bond motifs is 1. The second-order valence-corrected chi connectivity index (χ2v) is 6.65. The van der Waals surface area contributed by atoms with E-state index in [1.54, 1.807) is 12.1 Å². The van der Waals surface area contributed by atoms with Gasteiger partial charge in [0.05, 0.1) is 13.2 Å². The molecule has 4 heteroatoms. The van der Waals surface area contributed by atoms with Crippen LogP contribution >= 0.6 is 0 Å². The third kappa shape index (κ3) is 3.45. The van der Waals surface area contributed by atoms with E-state index in [2.05, 4.69) is 29.2 Å². The van der Waals surface area contributed by atoms with E-state index < -0.39 is 0 Å².